The zero-order valence-corrected chi connectivity index (χ0v) is 13.6. The SMILES string of the molecule is C=CCn1ncc(NCC(CC)(CC)CO)c(Br)c1=O. The van der Waals surface area contributed by atoms with Crippen LogP contribution in [0.4, 0.5) is 5.69 Å². The third kappa shape index (κ3) is 3.70. The van der Waals surface area contributed by atoms with E-state index in [0.29, 0.717) is 23.2 Å². The molecule has 0 unspecified atom stereocenters. The zero-order chi connectivity index (χ0) is 15.2. The molecule has 5 nitrogen and oxygen atoms in total. The van der Waals surface area contributed by atoms with Gasteiger partial charge in [-0.05, 0) is 28.8 Å². The normalized spacial score (nSPS) is 11.4. The number of nitrogens with zero attached hydrogens (tertiary/aromatic N) is 2. The molecule has 6 heteroatoms. The lowest BCUT2D eigenvalue weighted by Gasteiger charge is -2.30. The monoisotopic (exact) mass is 343 g/mol. The summed E-state index contributed by atoms with van der Waals surface area (Å²) in [5.41, 5.74) is 0.280. The van der Waals surface area contributed by atoms with Crippen molar-refractivity contribution in [3.05, 3.63) is 33.7 Å². The van der Waals surface area contributed by atoms with Crippen LogP contribution in [0, 0.1) is 5.41 Å². The standard InChI is InChI=1S/C14H22BrN3O2/c1-4-7-18-13(20)12(15)11(8-17-18)16-9-14(5-2,6-3)10-19/h4,8,16,19H,1,5-7,9-10H2,2-3H3. The van der Waals surface area contributed by atoms with E-state index in [0.717, 1.165) is 12.8 Å². The Kier molecular flexibility index (Phi) is 6.42. The molecule has 0 fully saturated rings. The molecule has 0 aliphatic carbocycles. The highest BCUT2D eigenvalue weighted by molar-refractivity contribution is 9.10. The summed E-state index contributed by atoms with van der Waals surface area (Å²) in [5, 5.41) is 16.8. The summed E-state index contributed by atoms with van der Waals surface area (Å²) in [6.07, 6.45) is 4.97. The van der Waals surface area contributed by atoms with Gasteiger partial charge < -0.3 is 10.4 Å². The second kappa shape index (κ2) is 7.59. The minimum absolute atomic E-state index is 0.117. The van der Waals surface area contributed by atoms with Crippen LogP contribution in [0.15, 0.2) is 28.1 Å². The molecule has 0 bridgehead atoms. The summed E-state index contributed by atoms with van der Waals surface area (Å²) >= 11 is 3.30. The molecule has 1 aromatic heterocycles. The van der Waals surface area contributed by atoms with Crippen LogP contribution in [0.5, 0.6) is 0 Å². The summed E-state index contributed by atoms with van der Waals surface area (Å²) < 4.78 is 1.79. The van der Waals surface area contributed by atoms with Crippen LogP contribution in [-0.4, -0.2) is 28.0 Å². The first-order valence-electron chi connectivity index (χ1n) is 6.74. The third-order valence-corrected chi connectivity index (χ3v) is 4.54. The van der Waals surface area contributed by atoms with Gasteiger partial charge in [0.05, 0.1) is 25.0 Å². The highest BCUT2D eigenvalue weighted by atomic mass is 79.9. The van der Waals surface area contributed by atoms with Gasteiger partial charge in [0.25, 0.3) is 5.56 Å². The van der Waals surface area contributed by atoms with Gasteiger partial charge in [0, 0.05) is 12.0 Å². The van der Waals surface area contributed by atoms with Crippen LogP contribution in [0.1, 0.15) is 26.7 Å². The molecule has 112 valence electrons. The van der Waals surface area contributed by atoms with Crippen molar-refractivity contribution in [3.8, 4) is 0 Å². The topological polar surface area (TPSA) is 67.2 Å². The highest BCUT2D eigenvalue weighted by Crippen LogP contribution is 2.27. The molecule has 0 radical (unpaired) electrons. The van der Waals surface area contributed by atoms with E-state index >= 15 is 0 Å². The number of hydrogen-bond acceptors (Lipinski definition) is 4. The highest BCUT2D eigenvalue weighted by Gasteiger charge is 2.25. The van der Waals surface area contributed by atoms with Crippen molar-refractivity contribution in [2.75, 3.05) is 18.5 Å². The minimum atomic E-state index is -0.197. The van der Waals surface area contributed by atoms with E-state index in [4.69, 9.17) is 0 Å². The second-order valence-electron chi connectivity index (χ2n) is 4.87. The van der Waals surface area contributed by atoms with Crippen molar-refractivity contribution in [2.24, 2.45) is 5.41 Å². The number of anilines is 1. The van der Waals surface area contributed by atoms with Crippen LogP contribution >= 0.6 is 15.9 Å². The van der Waals surface area contributed by atoms with Gasteiger partial charge in [0.15, 0.2) is 0 Å². The average Bonchev–Trinajstić information content (AvgIpc) is 2.48. The van der Waals surface area contributed by atoms with Gasteiger partial charge in [-0.3, -0.25) is 4.79 Å². The predicted molar refractivity (Wildman–Crippen MR) is 85.0 cm³/mol. The summed E-state index contributed by atoms with van der Waals surface area (Å²) in [6.45, 7) is 8.79. The van der Waals surface area contributed by atoms with E-state index in [2.05, 4.69) is 46.8 Å². The summed E-state index contributed by atoms with van der Waals surface area (Å²) in [4.78, 5) is 12.0. The fraction of sp³-hybridized carbons (Fsp3) is 0.571. The summed E-state index contributed by atoms with van der Waals surface area (Å²) in [6, 6.07) is 0. The molecule has 0 saturated heterocycles. The van der Waals surface area contributed by atoms with Gasteiger partial charge in [-0.2, -0.15) is 5.10 Å². The van der Waals surface area contributed by atoms with Crippen LogP contribution in [0.3, 0.4) is 0 Å². The van der Waals surface area contributed by atoms with Crippen LogP contribution in [0.2, 0.25) is 0 Å². The average molecular weight is 344 g/mol. The van der Waals surface area contributed by atoms with Gasteiger partial charge in [0.2, 0.25) is 0 Å². The maximum atomic E-state index is 12.0. The number of nitrogens with one attached hydrogen (secondary N) is 1. The van der Waals surface area contributed by atoms with Crippen molar-refractivity contribution >= 4 is 21.6 Å². The Hall–Kier alpha value is -1.14. The summed E-state index contributed by atoms with van der Waals surface area (Å²) in [5.74, 6) is 0. The van der Waals surface area contributed by atoms with Gasteiger partial charge >= 0.3 is 0 Å². The van der Waals surface area contributed by atoms with Crippen molar-refractivity contribution in [1.82, 2.24) is 9.78 Å². The molecule has 2 N–H and O–H groups in total. The van der Waals surface area contributed by atoms with Gasteiger partial charge in [0.1, 0.15) is 4.47 Å². The lowest BCUT2D eigenvalue weighted by molar-refractivity contribution is 0.127. The number of allylic oxidation sites excluding steroid dienone is 1. The van der Waals surface area contributed by atoms with E-state index in [1.807, 2.05) is 0 Å². The van der Waals surface area contributed by atoms with Crippen molar-refractivity contribution in [2.45, 2.75) is 33.2 Å². The Balaban J connectivity index is 2.92. The molecule has 20 heavy (non-hydrogen) atoms. The number of hydrogen-bond donors (Lipinski definition) is 2. The quantitative estimate of drug-likeness (QED) is 0.711. The van der Waals surface area contributed by atoms with E-state index in [-0.39, 0.29) is 17.6 Å². The van der Waals surface area contributed by atoms with Crippen molar-refractivity contribution in [3.63, 3.8) is 0 Å². The smallest absolute Gasteiger partial charge is 0.283 e. The number of aliphatic hydroxyl groups excluding tert-OH is 1. The maximum absolute atomic E-state index is 12.0. The van der Waals surface area contributed by atoms with Gasteiger partial charge in [-0.15, -0.1) is 6.58 Å². The predicted octanol–water partition coefficient (Wildman–Crippen LogP) is 2.40. The van der Waals surface area contributed by atoms with E-state index < -0.39 is 0 Å². The molecule has 0 saturated carbocycles. The van der Waals surface area contributed by atoms with E-state index in [1.54, 1.807) is 12.3 Å². The molecular weight excluding hydrogens is 322 g/mol. The van der Waals surface area contributed by atoms with Gasteiger partial charge in [-0.25, -0.2) is 4.68 Å². The maximum Gasteiger partial charge on any atom is 0.283 e. The summed E-state index contributed by atoms with van der Waals surface area (Å²) in [7, 11) is 0. The molecule has 1 aromatic rings. The number of aromatic nitrogens is 2. The van der Waals surface area contributed by atoms with E-state index in [1.165, 1.54) is 4.68 Å². The Labute approximate surface area is 127 Å². The molecule has 0 atom stereocenters. The number of rotatable bonds is 8. The molecular formula is C14H22BrN3O2. The Morgan fingerprint density at radius 1 is 1.55 bits per heavy atom. The number of halogens is 1. The lowest BCUT2D eigenvalue weighted by Crippen LogP contribution is -2.33. The first-order chi connectivity index (χ1) is 9.53. The number of aliphatic hydroxyl groups is 1. The fourth-order valence-corrected chi connectivity index (χ4v) is 2.35. The van der Waals surface area contributed by atoms with E-state index in [9.17, 15) is 9.90 Å². The zero-order valence-electron chi connectivity index (χ0n) is 12.0. The lowest BCUT2D eigenvalue weighted by atomic mass is 9.83. The molecule has 1 rings (SSSR count). The van der Waals surface area contributed by atoms with Crippen molar-refractivity contribution in [1.29, 1.82) is 0 Å². The molecule has 0 spiro atoms. The van der Waals surface area contributed by atoms with Crippen LogP contribution in [-0.2, 0) is 6.54 Å². The molecule has 1 heterocycles. The van der Waals surface area contributed by atoms with Crippen molar-refractivity contribution < 1.29 is 5.11 Å². The van der Waals surface area contributed by atoms with Gasteiger partial charge in [-0.1, -0.05) is 19.9 Å². The molecule has 0 aliphatic heterocycles. The minimum Gasteiger partial charge on any atom is -0.396 e. The van der Waals surface area contributed by atoms with Crippen LogP contribution in [0.25, 0.3) is 0 Å². The second-order valence-corrected chi connectivity index (χ2v) is 5.66. The fourth-order valence-electron chi connectivity index (χ4n) is 1.90. The largest absolute Gasteiger partial charge is 0.396 e. The molecule has 0 amide bonds. The first-order valence-corrected chi connectivity index (χ1v) is 7.54. The third-order valence-electron chi connectivity index (χ3n) is 3.78. The Morgan fingerprint density at radius 2 is 2.20 bits per heavy atom. The molecule has 0 aromatic carbocycles. The Bertz CT molecular complexity index is 501. The first kappa shape index (κ1) is 16.9. The Morgan fingerprint density at radius 3 is 2.70 bits per heavy atom. The van der Waals surface area contributed by atoms with Crippen LogP contribution < -0.4 is 10.9 Å². The molecule has 0 aliphatic rings.